The summed E-state index contributed by atoms with van der Waals surface area (Å²) in [6.45, 7) is 4.47. The number of nitrogens with one attached hydrogen (secondary N) is 2. The molecule has 0 bridgehead atoms. The van der Waals surface area contributed by atoms with Crippen LogP contribution in [0.3, 0.4) is 0 Å². The molecule has 5 nitrogen and oxygen atoms in total. The number of nitrogens with two attached hydrogens (primary N) is 1. The van der Waals surface area contributed by atoms with Gasteiger partial charge in [-0.2, -0.15) is 0 Å². The molecule has 1 aliphatic rings. The van der Waals surface area contributed by atoms with Crippen LogP contribution in [0.5, 0.6) is 0 Å². The second-order valence-electron chi connectivity index (χ2n) is 8.86. The molecule has 33 heavy (non-hydrogen) atoms. The van der Waals surface area contributed by atoms with Crippen molar-refractivity contribution >= 4 is 28.8 Å². The van der Waals surface area contributed by atoms with Crippen molar-refractivity contribution in [3.8, 4) is 10.4 Å². The van der Waals surface area contributed by atoms with E-state index in [1.807, 2.05) is 32.0 Å². The number of hydrogen-bond donors (Lipinski definition) is 3. The first kappa shape index (κ1) is 23.1. The molecule has 1 aliphatic carbocycles. The van der Waals surface area contributed by atoms with Gasteiger partial charge >= 0.3 is 0 Å². The largest absolute Gasteiger partial charge is 0.399 e. The van der Waals surface area contributed by atoms with Crippen molar-refractivity contribution in [3.63, 3.8) is 0 Å². The molecule has 6 heteroatoms. The Balaban J connectivity index is 1.40. The van der Waals surface area contributed by atoms with Gasteiger partial charge in [-0.15, -0.1) is 11.3 Å². The van der Waals surface area contributed by atoms with Crippen molar-refractivity contribution in [2.45, 2.75) is 52.1 Å². The summed E-state index contributed by atoms with van der Waals surface area (Å²) in [5, 5.41) is 6.18. The molecule has 1 unspecified atom stereocenters. The van der Waals surface area contributed by atoms with Crippen LogP contribution in [-0.2, 0) is 11.3 Å². The van der Waals surface area contributed by atoms with Crippen LogP contribution in [0, 0.1) is 12.8 Å². The fourth-order valence-electron chi connectivity index (χ4n) is 4.34. The van der Waals surface area contributed by atoms with E-state index < -0.39 is 0 Å². The lowest BCUT2D eigenvalue weighted by Gasteiger charge is -2.16. The van der Waals surface area contributed by atoms with Crippen molar-refractivity contribution < 1.29 is 9.59 Å². The minimum atomic E-state index is -0.150. The molecule has 1 atom stereocenters. The molecule has 3 aromatic rings. The highest BCUT2D eigenvalue weighted by Gasteiger charge is 2.22. The van der Waals surface area contributed by atoms with Gasteiger partial charge in [-0.05, 0) is 73.7 Å². The van der Waals surface area contributed by atoms with E-state index in [4.69, 9.17) is 5.73 Å². The summed E-state index contributed by atoms with van der Waals surface area (Å²) in [4.78, 5) is 27.4. The zero-order valence-corrected chi connectivity index (χ0v) is 20.0. The van der Waals surface area contributed by atoms with Gasteiger partial charge in [-0.3, -0.25) is 9.59 Å². The summed E-state index contributed by atoms with van der Waals surface area (Å²) in [7, 11) is 0. The molecule has 0 spiro atoms. The Morgan fingerprint density at radius 2 is 1.88 bits per heavy atom. The number of carbonyl (C=O) groups excluding carboxylic acids is 2. The maximum Gasteiger partial charge on any atom is 0.252 e. The third-order valence-corrected chi connectivity index (χ3v) is 7.48. The Labute approximate surface area is 199 Å². The van der Waals surface area contributed by atoms with E-state index in [1.54, 1.807) is 23.5 Å². The second kappa shape index (κ2) is 10.2. The van der Waals surface area contributed by atoms with E-state index in [1.165, 1.54) is 0 Å². The van der Waals surface area contributed by atoms with Crippen LogP contribution in [0.2, 0.25) is 0 Å². The number of hydrogen-bond acceptors (Lipinski definition) is 4. The van der Waals surface area contributed by atoms with Gasteiger partial charge in [-0.25, -0.2) is 0 Å². The first-order valence-corrected chi connectivity index (χ1v) is 12.4. The van der Waals surface area contributed by atoms with E-state index >= 15 is 0 Å². The van der Waals surface area contributed by atoms with Gasteiger partial charge < -0.3 is 16.4 Å². The minimum Gasteiger partial charge on any atom is -0.399 e. The molecular formula is C27H31N3O2S. The van der Waals surface area contributed by atoms with Gasteiger partial charge in [0.2, 0.25) is 5.91 Å². The van der Waals surface area contributed by atoms with Gasteiger partial charge in [-0.1, -0.05) is 37.1 Å². The Bertz CT molecular complexity index is 1150. The number of rotatable bonds is 7. The highest BCUT2D eigenvalue weighted by atomic mass is 32.1. The highest BCUT2D eigenvalue weighted by Crippen LogP contribution is 2.30. The second-order valence-corrected chi connectivity index (χ2v) is 10.0. The number of nitrogen functional groups attached to an aromatic ring is 1. The predicted octanol–water partition coefficient (Wildman–Crippen LogP) is 5.60. The molecule has 0 radical (unpaired) electrons. The Morgan fingerprint density at radius 1 is 1.09 bits per heavy atom. The number of carbonyl (C=O) groups is 2. The number of aryl methyl sites for hydroxylation is 1. The molecule has 4 N–H and O–H groups in total. The molecule has 1 fully saturated rings. The molecule has 1 saturated carbocycles. The molecule has 1 heterocycles. The van der Waals surface area contributed by atoms with Gasteiger partial charge in [0.1, 0.15) is 0 Å². The average molecular weight is 462 g/mol. The lowest BCUT2D eigenvalue weighted by atomic mass is 10.0. The minimum absolute atomic E-state index is 0.130. The third-order valence-electron chi connectivity index (χ3n) is 6.35. The molecule has 1 aromatic heterocycles. The fraction of sp³-hybridized carbons (Fsp3) is 0.333. The zero-order valence-electron chi connectivity index (χ0n) is 19.2. The van der Waals surface area contributed by atoms with Crippen LogP contribution in [0.25, 0.3) is 10.4 Å². The lowest BCUT2D eigenvalue weighted by Crippen LogP contribution is -2.28. The Kier molecular flexibility index (Phi) is 7.14. The smallest absolute Gasteiger partial charge is 0.252 e. The van der Waals surface area contributed by atoms with Crippen molar-refractivity contribution in [3.05, 3.63) is 76.2 Å². The summed E-state index contributed by atoms with van der Waals surface area (Å²) in [5.74, 6) is 0.243. The van der Waals surface area contributed by atoms with E-state index in [-0.39, 0.29) is 23.8 Å². The third kappa shape index (κ3) is 5.63. The van der Waals surface area contributed by atoms with Crippen LogP contribution < -0.4 is 16.4 Å². The number of thiophene rings is 1. The first-order valence-electron chi connectivity index (χ1n) is 11.5. The zero-order chi connectivity index (χ0) is 23.4. The normalized spacial score (nSPS) is 14.7. The SMILES string of the molecule is Cc1ccc(N)cc1C(=O)NC(C)c1cccc(-c2ccc(CNC(=O)C3CCCC3)s2)c1. The molecular weight excluding hydrogens is 430 g/mol. The number of anilines is 1. The maximum absolute atomic E-state index is 12.8. The molecule has 2 aromatic carbocycles. The summed E-state index contributed by atoms with van der Waals surface area (Å²) in [6, 6.07) is 17.6. The molecule has 172 valence electrons. The highest BCUT2D eigenvalue weighted by molar-refractivity contribution is 7.15. The number of benzene rings is 2. The first-order chi connectivity index (χ1) is 15.9. The molecule has 4 rings (SSSR count). The van der Waals surface area contributed by atoms with E-state index in [9.17, 15) is 9.59 Å². The average Bonchev–Trinajstić information content (AvgIpc) is 3.51. The topological polar surface area (TPSA) is 84.2 Å². The quantitative estimate of drug-likeness (QED) is 0.400. The predicted molar refractivity (Wildman–Crippen MR) is 135 cm³/mol. The standard InChI is InChI=1S/C27H31N3O2S/c1-17-10-11-22(28)15-24(17)27(32)30-18(2)20-8-5-9-21(14-20)25-13-12-23(33-25)16-29-26(31)19-6-3-4-7-19/h5,8-15,18-19H,3-4,6-7,16,28H2,1-2H3,(H,29,31)(H,30,32). The van der Waals surface area contributed by atoms with Gasteiger partial charge in [0.15, 0.2) is 0 Å². The molecule has 0 saturated heterocycles. The van der Waals surface area contributed by atoms with Gasteiger partial charge in [0, 0.05) is 26.9 Å². The van der Waals surface area contributed by atoms with Crippen LogP contribution in [-0.4, -0.2) is 11.8 Å². The lowest BCUT2D eigenvalue weighted by molar-refractivity contribution is -0.124. The monoisotopic (exact) mass is 461 g/mol. The Morgan fingerprint density at radius 3 is 2.67 bits per heavy atom. The summed E-state index contributed by atoms with van der Waals surface area (Å²) < 4.78 is 0. The van der Waals surface area contributed by atoms with E-state index in [0.717, 1.165) is 52.1 Å². The van der Waals surface area contributed by atoms with E-state index in [2.05, 4.69) is 34.9 Å². The summed E-state index contributed by atoms with van der Waals surface area (Å²) in [5.41, 5.74) is 10.1. The Hall–Kier alpha value is -3.12. The fourth-order valence-corrected chi connectivity index (χ4v) is 5.28. The maximum atomic E-state index is 12.8. The molecule has 0 aliphatic heterocycles. The van der Waals surface area contributed by atoms with Gasteiger partial charge in [0.05, 0.1) is 12.6 Å². The van der Waals surface area contributed by atoms with Crippen LogP contribution >= 0.6 is 11.3 Å². The van der Waals surface area contributed by atoms with Crippen LogP contribution in [0.4, 0.5) is 5.69 Å². The summed E-state index contributed by atoms with van der Waals surface area (Å²) >= 11 is 1.69. The van der Waals surface area contributed by atoms with Crippen molar-refractivity contribution in [1.29, 1.82) is 0 Å². The van der Waals surface area contributed by atoms with Crippen molar-refractivity contribution in [2.24, 2.45) is 5.92 Å². The van der Waals surface area contributed by atoms with Crippen LogP contribution in [0.1, 0.15) is 65.0 Å². The number of amides is 2. The molecule has 2 amide bonds. The van der Waals surface area contributed by atoms with Gasteiger partial charge in [0.25, 0.3) is 5.91 Å². The van der Waals surface area contributed by atoms with Crippen molar-refractivity contribution in [2.75, 3.05) is 5.73 Å². The summed E-state index contributed by atoms with van der Waals surface area (Å²) in [6.07, 6.45) is 4.35. The van der Waals surface area contributed by atoms with Crippen LogP contribution in [0.15, 0.2) is 54.6 Å². The van der Waals surface area contributed by atoms with Crippen molar-refractivity contribution in [1.82, 2.24) is 10.6 Å². The van der Waals surface area contributed by atoms with E-state index in [0.29, 0.717) is 17.8 Å².